The molecule has 0 bridgehead atoms. The molecule has 1 amide bonds. The Bertz CT molecular complexity index is 465. The van der Waals surface area contributed by atoms with Crippen LogP contribution in [-0.2, 0) is 19.0 Å². The first-order valence-corrected chi connectivity index (χ1v) is 8.20. The molecule has 0 spiro atoms. The Morgan fingerprint density at radius 2 is 2.00 bits per heavy atom. The fourth-order valence-corrected chi connectivity index (χ4v) is 2.38. The lowest BCUT2D eigenvalue weighted by Gasteiger charge is -2.32. The molecule has 0 saturated carbocycles. The third-order valence-corrected chi connectivity index (χ3v) is 3.59. The molecule has 1 rings (SSSR count). The Kier molecular flexibility index (Phi) is 4.72. The zero-order chi connectivity index (χ0) is 15.8. The lowest BCUT2D eigenvalue weighted by atomic mass is 9.98. The van der Waals surface area contributed by atoms with Crippen molar-refractivity contribution in [3.8, 4) is 0 Å². The molecule has 1 fully saturated rings. The van der Waals surface area contributed by atoms with Crippen molar-refractivity contribution < 1.29 is 27.2 Å². The van der Waals surface area contributed by atoms with Crippen molar-refractivity contribution in [3.63, 3.8) is 0 Å². The van der Waals surface area contributed by atoms with Gasteiger partial charge in [-0.2, -0.15) is 8.42 Å². The van der Waals surface area contributed by atoms with Crippen LogP contribution in [0.15, 0.2) is 0 Å². The number of carbonyl (C=O) groups excluding carboxylic acids is 1. The van der Waals surface area contributed by atoms with Crippen LogP contribution in [0.2, 0.25) is 0 Å². The largest absolute Gasteiger partial charge is 0.444 e. The predicted molar refractivity (Wildman–Crippen MR) is 72.8 cm³/mol. The molecular formula is C12H23NO6S. The third kappa shape index (κ3) is 4.92. The van der Waals surface area contributed by atoms with E-state index in [1.807, 2.05) is 0 Å². The summed E-state index contributed by atoms with van der Waals surface area (Å²) in [6.45, 7) is 6.77. The highest BCUT2D eigenvalue weighted by Crippen LogP contribution is 2.30. The molecule has 7 nitrogen and oxygen atoms in total. The summed E-state index contributed by atoms with van der Waals surface area (Å²) in [5, 5.41) is 10.2. The van der Waals surface area contributed by atoms with E-state index < -0.39 is 33.5 Å². The van der Waals surface area contributed by atoms with Crippen LogP contribution in [0.4, 0.5) is 4.79 Å². The molecule has 1 aliphatic heterocycles. The number of ether oxygens (including phenoxy) is 1. The number of hydrogen-bond acceptors (Lipinski definition) is 6. The van der Waals surface area contributed by atoms with Gasteiger partial charge in [0.1, 0.15) is 5.60 Å². The first kappa shape index (κ1) is 17.2. The van der Waals surface area contributed by atoms with Crippen LogP contribution < -0.4 is 0 Å². The molecule has 1 aliphatic rings. The summed E-state index contributed by atoms with van der Waals surface area (Å²) in [5.74, 6) is 0. The van der Waals surface area contributed by atoms with E-state index in [4.69, 9.17) is 8.92 Å². The van der Waals surface area contributed by atoms with Gasteiger partial charge < -0.3 is 9.84 Å². The van der Waals surface area contributed by atoms with Crippen LogP contribution in [0.1, 0.15) is 34.1 Å². The molecule has 0 aromatic rings. The normalized spacial score (nSPS) is 27.7. The Morgan fingerprint density at radius 1 is 1.45 bits per heavy atom. The Morgan fingerprint density at radius 3 is 2.45 bits per heavy atom. The Labute approximate surface area is 120 Å². The third-order valence-electron chi connectivity index (χ3n) is 3.02. The SMILES string of the molecule is CC(C)(C)OC(=O)N1CCC(C)(O)C1COS(C)(=O)=O. The number of amides is 1. The van der Waals surface area contributed by atoms with E-state index >= 15 is 0 Å². The highest BCUT2D eigenvalue weighted by atomic mass is 32.2. The molecule has 2 atom stereocenters. The van der Waals surface area contributed by atoms with Gasteiger partial charge in [-0.05, 0) is 34.1 Å². The van der Waals surface area contributed by atoms with E-state index in [0.717, 1.165) is 6.26 Å². The Hall–Kier alpha value is -0.860. The zero-order valence-electron chi connectivity index (χ0n) is 12.5. The maximum Gasteiger partial charge on any atom is 0.410 e. The van der Waals surface area contributed by atoms with Gasteiger partial charge in [0.15, 0.2) is 0 Å². The van der Waals surface area contributed by atoms with Crippen molar-refractivity contribution in [3.05, 3.63) is 0 Å². The van der Waals surface area contributed by atoms with Crippen LogP contribution >= 0.6 is 0 Å². The van der Waals surface area contributed by atoms with Crippen molar-refractivity contribution in [2.45, 2.75) is 51.4 Å². The van der Waals surface area contributed by atoms with E-state index in [-0.39, 0.29) is 6.61 Å². The van der Waals surface area contributed by atoms with Gasteiger partial charge in [0.05, 0.1) is 24.5 Å². The average molecular weight is 309 g/mol. The van der Waals surface area contributed by atoms with Crippen molar-refractivity contribution in [1.29, 1.82) is 0 Å². The topological polar surface area (TPSA) is 93.1 Å². The predicted octanol–water partition coefficient (Wildman–Crippen LogP) is 0.723. The smallest absolute Gasteiger partial charge is 0.410 e. The molecule has 0 aromatic heterocycles. The van der Waals surface area contributed by atoms with Gasteiger partial charge >= 0.3 is 6.09 Å². The summed E-state index contributed by atoms with van der Waals surface area (Å²) in [6, 6.07) is -0.757. The minimum Gasteiger partial charge on any atom is -0.444 e. The van der Waals surface area contributed by atoms with Gasteiger partial charge in [0.25, 0.3) is 10.1 Å². The highest BCUT2D eigenvalue weighted by Gasteiger charge is 2.46. The standard InChI is InChI=1S/C12H23NO6S/c1-11(2,3)19-10(14)13-7-6-12(4,15)9(13)8-18-20(5,16)17/h9,15H,6-8H2,1-5H3. The maximum atomic E-state index is 12.1. The molecule has 1 N–H and O–H groups in total. The summed E-state index contributed by atoms with van der Waals surface area (Å²) < 4.78 is 32.1. The van der Waals surface area contributed by atoms with Crippen LogP contribution in [0, 0.1) is 0 Å². The fourth-order valence-electron chi connectivity index (χ4n) is 2.00. The van der Waals surface area contributed by atoms with Crippen LogP contribution in [0.25, 0.3) is 0 Å². The maximum absolute atomic E-state index is 12.1. The van der Waals surface area contributed by atoms with Gasteiger partial charge in [-0.3, -0.25) is 9.08 Å². The van der Waals surface area contributed by atoms with Crippen molar-refractivity contribution in [2.24, 2.45) is 0 Å². The summed E-state index contributed by atoms with van der Waals surface area (Å²) in [7, 11) is -3.64. The molecule has 118 valence electrons. The molecule has 0 radical (unpaired) electrons. The lowest BCUT2D eigenvalue weighted by molar-refractivity contribution is -0.0179. The van der Waals surface area contributed by atoms with E-state index in [9.17, 15) is 18.3 Å². The van der Waals surface area contributed by atoms with E-state index in [1.54, 1.807) is 27.7 Å². The minimum atomic E-state index is -3.64. The second-order valence-electron chi connectivity index (χ2n) is 6.29. The number of likely N-dealkylation sites (tertiary alicyclic amines) is 1. The second kappa shape index (κ2) is 5.50. The van der Waals surface area contributed by atoms with Crippen LogP contribution in [0.3, 0.4) is 0 Å². The van der Waals surface area contributed by atoms with Crippen LogP contribution in [0.5, 0.6) is 0 Å². The molecule has 20 heavy (non-hydrogen) atoms. The zero-order valence-corrected chi connectivity index (χ0v) is 13.4. The highest BCUT2D eigenvalue weighted by molar-refractivity contribution is 7.85. The summed E-state index contributed by atoms with van der Waals surface area (Å²) in [4.78, 5) is 13.4. The van der Waals surface area contributed by atoms with Gasteiger partial charge in [-0.25, -0.2) is 4.79 Å². The first-order chi connectivity index (χ1) is 8.82. The van der Waals surface area contributed by atoms with Crippen molar-refractivity contribution in [1.82, 2.24) is 4.90 Å². The van der Waals surface area contributed by atoms with Gasteiger partial charge in [-0.1, -0.05) is 0 Å². The summed E-state index contributed by atoms with van der Waals surface area (Å²) in [6.07, 6.45) is 0.677. The van der Waals surface area contributed by atoms with Gasteiger partial charge in [0.2, 0.25) is 0 Å². The van der Waals surface area contributed by atoms with Gasteiger partial charge in [-0.15, -0.1) is 0 Å². The molecule has 0 aromatic carbocycles. The van der Waals surface area contributed by atoms with Crippen LogP contribution in [-0.4, -0.2) is 61.2 Å². The minimum absolute atomic E-state index is 0.287. The molecule has 2 unspecified atom stereocenters. The fraction of sp³-hybridized carbons (Fsp3) is 0.917. The number of aliphatic hydroxyl groups is 1. The summed E-state index contributed by atoms with van der Waals surface area (Å²) >= 11 is 0. The average Bonchev–Trinajstić information content (AvgIpc) is 2.47. The van der Waals surface area contributed by atoms with E-state index in [1.165, 1.54) is 4.90 Å². The molecular weight excluding hydrogens is 286 g/mol. The quantitative estimate of drug-likeness (QED) is 0.772. The second-order valence-corrected chi connectivity index (χ2v) is 7.93. The van der Waals surface area contributed by atoms with Gasteiger partial charge in [0, 0.05) is 6.54 Å². The Balaban J connectivity index is 2.82. The monoisotopic (exact) mass is 309 g/mol. The van der Waals surface area contributed by atoms with E-state index in [0.29, 0.717) is 13.0 Å². The number of hydrogen-bond donors (Lipinski definition) is 1. The van der Waals surface area contributed by atoms with E-state index in [2.05, 4.69) is 0 Å². The molecule has 8 heteroatoms. The van der Waals surface area contributed by atoms with Crippen molar-refractivity contribution in [2.75, 3.05) is 19.4 Å². The molecule has 1 heterocycles. The number of nitrogens with zero attached hydrogens (tertiary/aromatic N) is 1. The number of carbonyl (C=O) groups is 1. The lowest BCUT2D eigenvalue weighted by Crippen LogP contribution is -2.49. The van der Waals surface area contributed by atoms with Crippen molar-refractivity contribution >= 4 is 16.2 Å². The molecule has 0 aliphatic carbocycles. The molecule has 1 saturated heterocycles. The number of rotatable bonds is 3. The summed E-state index contributed by atoms with van der Waals surface area (Å²) in [5.41, 5.74) is -1.87. The first-order valence-electron chi connectivity index (χ1n) is 6.38.